The summed E-state index contributed by atoms with van der Waals surface area (Å²) in [7, 11) is 0. The molecule has 6 rings (SSSR count). The van der Waals surface area contributed by atoms with Crippen molar-refractivity contribution in [1.29, 1.82) is 0 Å². The number of hydrogen-bond donors (Lipinski definition) is 1. The van der Waals surface area contributed by atoms with Gasteiger partial charge < -0.3 is 15.0 Å². The summed E-state index contributed by atoms with van der Waals surface area (Å²) in [5.41, 5.74) is 5.26. The molecule has 0 bridgehead atoms. The number of para-hydroxylation sites is 1. The van der Waals surface area contributed by atoms with Gasteiger partial charge in [-0.3, -0.25) is 14.5 Å². The zero-order valence-electron chi connectivity index (χ0n) is 21.8. The van der Waals surface area contributed by atoms with Crippen molar-refractivity contribution < 1.29 is 14.3 Å². The molecule has 0 aromatic heterocycles. The maximum atomic E-state index is 13.9. The van der Waals surface area contributed by atoms with Crippen LogP contribution in [0, 0.1) is 0 Å². The van der Waals surface area contributed by atoms with E-state index in [4.69, 9.17) is 16.3 Å². The van der Waals surface area contributed by atoms with Crippen LogP contribution in [0.3, 0.4) is 0 Å². The number of nitrogens with zero attached hydrogens (tertiary/aromatic N) is 2. The number of hydrogen-bond acceptors (Lipinski definition) is 4. The molecule has 6 nitrogen and oxygen atoms in total. The summed E-state index contributed by atoms with van der Waals surface area (Å²) in [4.78, 5) is 31.3. The molecular weight excluding hydrogens is 545 g/mol. The average molecular weight is 575 g/mol. The maximum absolute atomic E-state index is 13.9. The second-order valence-electron chi connectivity index (χ2n) is 9.80. The third-order valence-electron chi connectivity index (χ3n) is 7.36. The molecule has 1 saturated heterocycles. The van der Waals surface area contributed by atoms with Gasteiger partial charge in [0.2, 0.25) is 0 Å². The Bertz CT molecular complexity index is 1530. The summed E-state index contributed by atoms with van der Waals surface area (Å²) in [5, 5.41) is 3.23. The number of amides is 2. The molecule has 4 aromatic carbocycles. The Labute approximate surface area is 244 Å². The first-order chi connectivity index (χ1) is 19.1. The second-order valence-corrected chi connectivity index (χ2v) is 10.2. The highest BCUT2D eigenvalue weighted by Crippen LogP contribution is 2.32. The predicted octanol–water partition coefficient (Wildman–Crippen LogP) is 6.54. The summed E-state index contributed by atoms with van der Waals surface area (Å²) in [6.45, 7) is 3.41. The largest absolute Gasteiger partial charge is 0.378 e. The van der Waals surface area contributed by atoms with E-state index in [0.29, 0.717) is 36.6 Å². The first kappa shape index (κ1) is 27.9. The van der Waals surface area contributed by atoms with Crippen molar-refractivity contribution in [2.75, 3.05) is 36.5 Å². The molecule has 204 valence electrons. The molecule has 2 aliphatic rings. The Hall–Kier alpha value is -3.68. The van der Waals surface area contributed by atoms with Crippen molar-refractivity contribution in [2.45, 2.75) is 12.6 Å². The number of morpholine rings is 1. The Morgan fingerprint density at radius 1 is 0.875 bits per heavy atom. The van der Waals surface area contributed by atoms with Crippen LogP contribution in [-0.2, 0) is 11.3 Å². The number of benzene rings is 4. The van der Waals surface area contributed by atoms with Crippen LogP contribution < -0.4 is 10.2 Å². The summed E-state index contributed by atoms with van der Waals surface area (Å²) in [6.07, 6.45) is 0. The second kappa shape index (κ2) is 12.2. The van der Waals surface area contributed by atoms with Crippen molar-refractivity contribution in [3.8, 4) is 11.1 Å². The van der Waals surface area contributed by atoms with Crippen molar-refractivity contribution in [3.63, 3.8) is 0 Å². The molecular formula is C32H29Cl2N3O3. The number of anilines is 2. The van der Waals surface area contributed by atoms with Crippen LogP contribution in [0.25, 0.3) is 11.1 Å². The molecule has 0 aliphatic carbocycles. The van der Waals surface area contributed by atoms with E-state index >= 15 is 0 Å². The summed E-state index contributed by atoms with van der Waals surface area (Å²) >= 11 is 6.67. The number of rotatable bonds is 4. The van der Waals surface area contributed by atoms with E-state index < -0.39 is 0 Å². The molecule has 2 aliphatic heterocycles. The Morgan fingerprint density at radius 3 is 2.45 bits per heavy atom. The fraction of sp³-hybridized carbons (Fsp3) is 0.188. The topological polar surface area (TPSA) is 61.9 Å². The van der Waals surface area contributed by atoms with E-state index in [2.05, 4.69) is 16.3 Å². The first-order valence-corrected chi connectivity index (χ1v) is 13.4. The van der Waals surface area contributed by atoms with Crippen molar-refractivity contribution in [3.05, 3.63) is 119 Å². The van der Waals surface area contributed by atoms with Gasteiger partial charge in [0.15, 0.2) is 0 Å². The van der Waals surface area contributed by atoms with E-state index in [1.54, 1.807) is 24.3 Å². The number of carbonyl (C=O) groups is 2. The van der Waals surface area contributed by atoms with E-state index in [1.807, 2.05) is 71.6 Å². The number of halogens is 2. The Kier molecular flexibility index (Phi) is 8.52. The number of fused-ring (bicyclic) bond motifs is 2. The van der Waals surface area contributed by atoms with Crippen molar-refractivity contribution >= 4 is 47.2 Å². The lowest BCUT2D eigenvalue weighted by Crippen LogP contribution is -2.50. The zero-order chi connectivity index (χ0) is 26.8. The molecule has 0 unspecified atom stereocenters. The van der Waals surface area contributed by atoms with Gasteiger partial charge in [-0.05, 0) is 47.0 Å². The third kappa shape index (κ3) is 5.62. The molecule has 8 heteroatoms. The molecule has 40 heavy (non-hydrogen) atoms. The molecule has 0 spiro atoms. The first-order valence-electron chi connectivity index (χ1n) is 13.1. The summed E-state index contributed by atoms with van der Waals surface area (Å²) in [5.74, 6) is -0.421. The highest BCUT2D eigenvalue weighted by molar-refractivity contribution is 6.35. The Balaban J connectivity index is 0.00000323. The van der Waals surface area contributed by atoms with Crippen LogP contribution >= 0.6 is 24.0 Å². The molecule has 2 heterocycles. The minimum Gasteiger partial charge on any atom is -0.378 e. The molecule has 0 saturated carbocycles. The molecule has 1 fully saturated rings. The van der Waals surface area contributed by atoms with E-state index in [9.17, 15) is 9.59 Å². The predicted molar refractivity (Wildman–Crippen MR) is 162 cm³/mol. The lowest BCUT2D eigenvalue weighted by molar-refractivity contribution is -0.00653. The van der Waals surface area contributed by atoms with Crippen LogP contribution in [-0.4, -0.2) is 49.1 Å². The fourth-order valence-electron chi connectivity index (χ4n) is 5.35. The quantitative estimate of drug-likeness (QED) is 0.301. The highest BCUT2D eigenvalue weighted by Gasteiger charge is 2.33. The van der Waals surface area contributed by atoms with Gasteiger partial charge >= 0.3 is 0 Å². The zero-order valence-corrected chi connectivity index (χ0v) is 23.3. The molecule has 4 aromatic rings. The van der Waals surface area contributed by atoms with E-state index in [1.165, 1.54) is 0 Å². The van der Waals surface area contributed by atoms with E-state index in [-0.39, 0.29) is 35.3 Å². The molecule has 0 radical (unpaired) electrons. The van der Waals surface area contributed by atoms with E-state index in [0.717, 1.165) is 35.5 Å². The number of ether oxygens (including phenoxy) is 1. The SMILES string of the molecule is Cl.O=C(Nc1ccc(C(=O)N2C[C@H]3COCCN3Cc3ccccc32)c(Cl)c1)c1ccccc1-c1ccccc1. The van der Waals surface area contributed by atoms with Crippen LogP contribution in [0.5, 0.6) is 0 Å². The number of carbonyl (C=O) groups excluding carboxylic acids is 2. The van der Waals surface area contributed by atoms with Gasteiger partial charge in [0.1, 0.15) is 0 Å². The van der Waals surface area contributed by atoms with Crippen molar-refractivity contribution in [2.24, 2.45) is 0 Å². The van der Waals surface area contributed by atoms with Crippen LogP contribution in [0.15, 0.2) is 97.1 Å². The Morgan fingerprint density at radius 2 is 1.62 bits per heavy atom. The van der Waals surface area contributed by atoms with Gasteiger partial charge in [-0.25, -0.2) is 0 Å². The van der Waals surface area contributed by atoms with Gasteiger partial charge in [0.25, 0.3) is 11.8 Å². The van der Waals surface area contributed by atoms with Gasteiger partial charge in [0.05, 0.1) is 29.8 Å². The van der Waals surface area contributed by atoms with Crippen molar-refractivity contribution in [1.82, 2.24) is 4.90 Å². The normalized spacial score (nSPS) is 16.6. The third-order valence-corrected chi connectivity index (χ3v) is 7.67. The molecule has 2 amide bonds. The average Bonchev–Trinajstić information content (AvgIpc) is 3.14. The van der Waals surface area contributed by atoms with Crippen LogP contribution in [0.4, 0.5) is 11.4 Å². The van der Waals surface area contributed by atoms with Crippen LogP contribution in [0.1, 0.15) is 26.3 Å². The smallest absolute Gasteiger partial charge is 0.259 e. The van der Waals surface area contributed by atoms with Gasteiger partial charge in [-0.1, -0.05) is 78.3 Å². The lowest BCUT2D eigenvalue weighted by atomic mass is 9.99. The minimum absolute atomic E-state index is 0. The molecule has 1 N–H and O–H groups in total. The standard InChI is InChI=1S/C32H28ClN3O3.ClH/c33-29-18-24(34-31(37)27-12-6-5-11-26(27)22-8-2-1-3-9-22)14-15-28(29)32(38)36-20-25-21-39-17-16-35(25)19-23-10-4-7-13-30(23)36;/h1-15,18,25H,16-17,19-21H2,(H,34,37);1H/t25-;/m0./s1. The fourth-order valence-corrected chi connectivity index (χ4v) is 5.62. The summed E-state index contributed by atoms with van der Waals surface area (Å²) in [6, 6.07) is 30.4. The number of nitrogens with one attached hydrogen (secondary N) is 1. The molecule has 1 atom stereocenters. The summed E-state index contributed by atoms with van der Waals surface area (Å²) < 4.78 is 5.73. The monoisotopic (exact) mass is 573 g/mol. The van der Waals surface area contributed by atoms with Gasteiger partial charge in [-0.15, -0.1) is 12.4 Å². The lowest BCUT2D eigenvalue weighted by Gasteiger charge is -2.35. The van der Waals surface area contributed by atoms with Gasteiger partial charge in [0, 0.05) is 36.6 Å². The van der Waals surface area contributed by atoms with Gasteiger partial charge in [-0.2, -0.15) is 0 Å². The minimum atomic E-state index is -0.247. The van der Waals surface area contributed by atoms with Crippen LogP contribution in [0.2, 0.25) is 5.02 Å². The maximum Gasteiger partial charge on any atom is 0.259 e. The highest BCUT2D eigenvalue weighted by atomic mass is 35.5.